The largest absolute Gasteiger partial charge is 0.448 e. The van der Waals surface area contributed by atoms with Gasteiger partial charge in [0.05, 0.1) is 12.1 Å². The van der Waals surface area contributed by atoms with Crippen molar-refractivity contribution in [3.63, 3.8) is 0 Å². The van der Waals surface area contributed by atoms with Gasteiger partial charge in [0.15, 0.2) is 0 Å². The number of ether oxygens (including phenoxy) is 1. The summed E-state index contributed by atoms with van der Waals surface area (Å²) in [6.45, 7) is -0.00593. The Kier molecular flexibility index (Phi) is 6.98. The van der Waals surface area contributed by atoms with Crippen molar-refractivity contribution in [3.05, 3.63) is 71.8 Å². The first kappa shape index (κ1) is 18.5. The van der Waals surface area contributed by atoms with Crippen LogP contribution in [0.2, 0.25) is 0 Å². The van der Waals surface area contributed by atoms with Crippen LogP contribution in [0.1, 0.15) is 11.1 Å². The summed E-state index contributed by atoms with van der Waals surface area (Å²) in [5, 5.41) is 2.84. The lowest BCUT2D eigenvalue weighted by Gasteiger charge is -2.21. The monoisotopic (exact) mass is 341 g/mol. The van der Waals surface area contributed by atoms with E-state index >= 15 is 0 Å². The fraction of sp³-hybridized carbons (Fsp3) is 0.263. The molecule has 0 heterocycles. The average molecular weight is 341 g/mol. The third-order valence-corrected chi connectivity index (χ3v) is 3.73. The highest BCUT2D eigenvalue weighted by Gasteiger charge is 2.20. The Morgan fingerprint density at radius 1 is 0.920 bits per heavy atom. The van der Waals surface area contributed by atoms with Gasteiger partial charge in [-0.3, -0.25) is 4.79 Å². The SMILES string of the molecule is NC(=O)OC[C@@H](Cc1ccccc1)NC(=O)[C@H](N)Cc1ccccc1. The van der Waals surface area contributed by atoms with E-state index in [0.29, 0.717) is 12.8 Å². The summed E-state index contributed by atoms with van der Waals surface area (Å²) in [4.78, 5) is 23.3. The highest BCUT2D eigenvalue weighted by molar-refractivity contribution is 5.82. The van der Waals surface area contributed by atoms with Crippen LogP contribution in [0.25, 0.3) is 0 Å². The number of amides is 2. The number of carbonyl (C=O) groups is 2. The summed E-state index contributed by atoms with van der Waals surface area (Å²) >= 11 is 0. The molecule has 0 saturated carbocycles. The van der Waals surface area contributed by atoms with Crippen molar-refractivity contribution in [2.45, 2.75) is 24.9 Å². The normalized spacial score (nSPS) is 12.8. The fourth-order valence-corrected chi connectivity index (χ4v) is 2.50. The Hall–Kier alpha value is -2.86. The van der Waals surface area contributed by atoms with E-state index in [9.17, 15) is 9.59 Å². The molecule has 0 aromatic heterocycles. The van der Waals surface area contributed by atoms with Crippen molar-refractivity contribution in [1.29, 1.82) is 0 Å². The maximum atomic E-state index is 12.4. The molecule has 0 saturated heterocycles. The minimum Gasteiger partial charge on any atom is -0.448 e. The second-order valence-corrected chi connectivity index (χ2v) is 5.82. The van der Waals surface area contributed by atoms with Gasteiger partial charge in [-0.05, 0) is 24.0 Å². The van der Waals surface area contributed by atoms with Crippen LogP contribution in [0, 0.1) is 0 Å². The predicted molar refractivity (Wildman–Crippen MR) is 95.7 cm³/mol. The van der Waals surface area contributed by atoms with Gasteiger partial charge in [0.2, 0.25) is 5.91 Å². The smallest absolute Gasteiger partial charge is 0.404 e. The van der Waals surface area contributed by atoms with Crippen LogP contribution < -0.4 is 16.8 Å². The van der Waals surface area contributed by atoms with Gasteiger partial charge in [0.25, 0.3) is 0 Å². The quantitative estimate of drug-likeness (QED) is 0.674. The van der Waals surface area contributed by atoms with Gasteiger partial charge in [-0.25, -0.2) is 4.79 Å². The first-order valence-electron chi connectivity index (χ1n) is 8.10. The molecule has 0 fully saturated rings. The molecule has 6 heteroatoms. The number of hydrogen-bond acceptors (Lipinski definition) is 4. The molecule has 6 nitrogen and oxygen atoms in total. The number of primary amides is 1. The average Bonchev–Trinajstić information content (AvgIpc) is 2.61. The minimum atomic E-state index is -0.874. The maximum absolute atomic E-state index is 12.4. The Morgan fingerprint density at radius 3 is 1.96 bits per heavy atom. The molecule has 25 heavy (non-hydrogen) atoms. The third kappa shape index (κ3) is 6.64. The van der Waals surface area contributed by atoms with E-state index < -0.39 is 18.2 Å². The van der Waals surface area contributed by atoms with Gasteiger partial charge < -0.3 is 21.5 Å². The van der Waals surface area contributed by atoms with Crippen molar-refractivity contribution in [1.82, 2.24) is 5.32 Å². The van der Waals surface area contributed by atoms with Gasteiger partial charge >= 0.3 is 6.09 Å². The van der Waals surface area contributed by atoms with Gasteiger partial charge in [-0.1, -0.05) is 60.7 Å². The van der Waals surface area contributed by atoms with E-state index in [0.717, 1.165) is 11.1 Å². The number of carbonyl (C=O) groups excluding carboxylic acids is 2. The molecule has 132 valence electrons. The molecule has 0 unspecified atom stereocenters. The minimum absolute atomic E-state index is 0.00593. The van der Waals surface area contributed by atoms with Crippen molar-refractivity contribution in [2.75, 3.05) is 6.61 Å². The number of rotatable bonds is 8. The standard InChI is InChI=1S/C19H23N3O3/c20-17(12-15-9-5-2-6-10-15)18(23)22-16(13-25-19(21)24)11-14-7-3-1-4-8-14/h1-10,16-17H,11-13,20H2,(H2,21,24)(H,22,23)/t16-,17-/m1/s1. The zero-order chi connectivity index (χ0) is 18.1. The van der Waals surface area contributed by atoms with Crippen LogP contribution in [0.15, 0.2) is 60.7 Å². The molecule has 0 bridgehead atoms. The topological polar surface area (TPSA) is 107 Å². The zero-order valence-corrected chi connectivity index (χ0v) is 13.9. The summed E-state index contributed by atoms with van der Waals surface area (Å²) in [5.41, 5.74) is 13.0. The summed E-state index contributed by atoms with van der Waals surface area (Å²) in [6, 6.07) is 18.1. The molecule has 2 amide bonds. The van der Waals surface area contributed by atoms with Crippen molar-refractivity contribution in [2.24, 2.45) is 11.5 Å². The molecular weight excluding hydrogens is 318 g/mol. The van der Waals surface area contributed by atoms with E-state index in [1.54, 1.807) is 0 Å². The van der Waals surface area contributed by atoms with Gasteiger partial charge in [0, 0.05) is 0 Å². The lowest BCUT2D eigenvalue weighted by atomic mass is 10.0. The molecule has 2 aromatic carbocycles. The lowest BCUT2D eigenvalue weighted by Crippen LogP contribution is -2.49. The van der Waals surface area contributed by atoms with Gasteiger partial charge in [0.1, 0.15) is 6.61 Å². The van der Waals surface area contributed by atoms with Crippen molar-refractivity contribution >= 4 is 12.0 Å². The molecule has 0 radical (unpaired) electrons. The summed E-state index contributed by atoms with van der Waals surface area (Å²) in [7, 11) is 0. The van der Waals surface area contributed by atoms with E-state index in [1.165, 1.54) is 0 Å². The van der Waals surface area contributed by atoms with Gasteiger partial charge in [-0.2, -0.15) is 0 Å². The molecular formula is C19H23N3O3. The lowest BCUT2D eigenvalue weighted by molar-refractivity contribution is -0.123. The Balaban J connectivity index is 1.96. The molecule has 5 N–H and O–H groups in total. The second kappa shape index (κ2) is 9.44. The summed E-state index contributed by atoms with van der Waals surface area (Å²) < 4.78 is 4.86. The molecule has 0 aliphatic carbocycles. The Morgan fingerprint density at radius 2 is 1.44 bits per heavy atom. The van der Waals surface area contributed by atoms with Crippen LogP contribution >= 0.6 is 0 Å². The fourth-order valence-electron chi connectivity index (χ4n) is 2.50. The first-order valence-corrected chi connectivity index (χ1v) is 8.10. The highest BCUT2D eigenvalue weighted by atomic mass is 16.5. The summed E-state index contributed by atoms with van der Waals surface area (Å²) in [6.07, 6.45) is 0.0696. The molecule has 0 spiro atoms. The van der Waals surface area contributed by atoms with Crippen molar-refractivity contribution in [3.8, 4) is 0 Å². The zero-order valence-electron chi connectivity index (χ0n) is 13.9. The van der Waals surface area contributed by atoms with Crippen molar-refractivity contribution < 1.29 is 14.3 Å². The van der Waals surface area contributed by atoms with E-state index in [1.807, 2.05) is 60.7 Å². The van der Waals surface area contributed by atoms with Crippen LogP contribution in [-0.2, 0) is 22.4 Å². The number of nitrogens with one attached hydrogen (secondary N) is 1. The number of hydrogen-bond donors (Lipinski definition) is 3. The van der Waals surface area contributed by atoms with E-state index in [2.05, 4.69) is 5.32 Å². The van der Waals surface area contributed by atoms with Crippen LogP contribution in [-0.4, -0.2) is 30.7 Å². The van der Waals surface area contributed by atoms with E-state index in [-0.39, 0.29) is 12.5 Å². The Labute approximate surface area is 147 Å². The van der Waals surface area contributed by atoms with Gasteiger partial charge in [-0.15, -0.1) is 0 Å². The number of nitrogens with two attached hydrogens (primary N) is 2. The predicted octanol–water partition coefficient (Wildman–Crippen LogP) is 1.38. The number of benzene rings is 2. The van der Waals surface area contributed by atoms with Crippen LogP contribution in [0.3, 0.4) is 0 Å². The molecule has 2 atom stereocenters. The summed E-state index contributed by atoms with van der Waals surface area (Å²) in [5.74, 6) is -0.294. The molecule has 0 aliphatic rings. The molecule has 0 aliphatic heterocycles. The third-order valence-electron chi connectivity index (χ3n) is 3.73. The molecule has 2 aromatic rings. The molecule has 2 rings (SSSR count). The first-order chi connectivity index (χ1) is 12.0. The van der Waals surface area contributed by atoms with Crippen LogP contribution in [0.5, 0.6) is 0 Å². The maximum Gasteiger partial charge on any atom is 0.404 e. The van der Waals surface area contributed by atoms with E-state index in [4.69, 9.17) is 16.2 Å². The second-order valence-electron chi connectivity index (χ2n) is 5.82. The Bertz CT molecular complexity index is 677. The highest BCUT2D eigenvalue weighted by Crippen LogP contribution is 2.06. The van der Waals surface area contributed by atoms with Crippen LogP contribution in [0.4, 0.5) is 4.79 Å².